The summed E-state index contributed by atoms with van der Waals surface area (Å²) in [4.78, 5) is 4.18. The van der Waals surface area contributed by atoms with Gasteiger partial charge >= 0.3 is 0 Å². The molecule has 110 valence electrons. The van der Waals surface area contributed by atoms with E-state index in [0.29, 0.717) is 11.4 Å². The highest BCUT2D eigenvalue weighted by molar-refractivity contribution is 5.66. The van der Waals surface area contributed by atoms with E-state index in [1.54, 1.807) is 36.4 Å². The summed E-state index contributed by atoms with van der Waals surface area (Å²) in [5.74, 6) is -1.03. The summed E-state index contributed by atoms with van der Waals surface area (Å²) < 4.78 is 27.0. The summed E-state index contributed by atoms with van der Waals surface area (Å²) in [6.45, 7) is 0. The van der Waals surface area contributed by atoms with Crippen LogP contribution in [0.25, 0.3) is 11.1 Å². The van der Waals surface area contributed by atoms with Gasteiger partial charge in [-0.2, -0.15) is 0 Å². The van der Waals surface area contributed by atoms with Crippen molar-refractivity contribution in [2.45, 2.75) is 0 Å². The van der Waals surface area contributed by atoms with Gasteiger partial charge in [0.15, 0.2) is 11.6 Å². The first-order valence-corrected chi connectivity index (χ1v) is 6.60. The summed E-state index contributed by atoms with van der Waals surface area (Å²) in [5, 5.41) is 12.3. The third kappa shape index (κ3) is 2.88. The van der Waals surface area contributed by atoms with Gasteiger partial charge in [0, 0.05) is 23.0 Å². The summed E-state index contributed by atoms with van der Waals surface area (Å²) in [6.07, 6.45) is 1.47. The molecule has 3 aromatic rings. The van der Waals surface area contributed by atoms with Gasteiger partial charge in [0.05, 0.1) is 0 Å². The zero-order valence-electron chi connectivity index (χ0n) is 11.4. The molecule has 0 aliphatic carbocycles. The van der Waals surface area contributed by atoms with E-state index in [9.17, 15) is 13.9 Å². The van der Waals surface area contributed by atoms with E-state index in [0.717, 1.165) is 11.8 Å². The molecule has 0 saturated carbocycles. The Morgan fingerprint density at radius 3 is 2.36 bits per heavy atom. The number of phenols is 1. The van der Waals surface area contributed by atoms with Gasteiger partial charge in [0.2, 0.25) is 0 Å². The Balaban J connectivity index is 1.83. The molecule has 3 nitrogen and oxygen atoms in total. The molecule has 3 rings (SSSR count). The molecule has 2 aromatic carbocycles. The molecule has 22 heavy (non-hydrogen) atoms. The van der Waals surface area contributed by atoms with Crippen LogP contribution in [-0.2, 0) is 0 Å². The quantitative estimate of drug-likeness (QED) is 0.701. The van der Waals surface area contributed by atoms with Crippen molar-refractivity contribution in [1.29, 1.82) is 0 Å². The van der Waals surface area contributed by atoms with Gasteiger partial charge in [-0.3, -0.25) is 0 Å². The van der Waals surface area contributed by atoms with Gasteiger partial charge < -0.3 is 10.4 Å². The molecule has 1 heterocycles. The van der Waals surface area contributed by atoms with Crippen LogP contribution in [0.3, 0.4) is 0 Å². The third-order valence-electron chi connectivity index (χ3n) is 3.17. The lowest BCUT2D eigenvalue weighted by molar-refractivity contribution is 0.475. The Morgan fingerprint density at radius 2 is 1.68 bits per heavy atom. The molecule has 0 atom stereocenters. The Bertz CT molecular complexity index is 787. The van der Waals surface area contributed by atoms with Gasteiger partial charge in [0.1, 0.15) is 11.6 Å². The van der Waals surface area contributed by atoms with Crippen LogP contribution in [-0.4, -0.2) is 10.1 Å². The van der Waals surface area contributed by atoms with E-state index in [1.807, 2.05) is 0 Å². The minimum absolute atomic E-state index is 0.170. The van der Waals surface area contributed by atoms with E-state index in [2.05, 4.69) is 10.3 Å². The number of hydrogen-bond acceptors (Lipinski definition) is 3. The predicted molar refractivity (Wildman–Crippen MR) is 81.0 cm³/mol. The summed E-state index contributed by atoms with van der Waals surface area (Å²) in [6, 6.07) is 13.9. The first kappa shape index (κ1) is 14.0. The van der Waals surface area contributed by atoms with Crippen LogP contribution in [0.1, 0.15) is 0 Å². The van der Waals surface area contributed by atoms with Crippen LogP contribution < -0.4 is 5.32 Å². The predicted octanol–water partition coefficient (Wildman–Crippen LogP) is 4.48. The number of aromatic nitrogens is 1. The molecule has 0 saturated heterocycles. The molecule has 0 radical (unpaired) electrons. The molecule has 1 aromatic heterocycles. The topological polar surface area (TPSA) is 45.1 Å². The first-order valence-electron chi connectivity index (χ1n) is 6.60. The number of pyridine rings is 1. The monoisotopic (exact) mass is 298 g/mol. The van der Waals surface area contributed by atoms with Crippen LogP contribution in [0.5, 0.6) is 5.75 Å². The molecule has 0 bridgehead atoms. The van der Waals surface area contributed by atoms with Gasteiger partial charge in [-0.15, -0.1) is 0 Å². The van der Waals surface area contributed by atoms with Crippen molar-refractivity contribution in [3.8, 4) is 16.9 Å². The van der Waals surface area contributed by atoms with Crippen LogP contribution in [0, 0.1) is 11.6 Å². The minimum atomic E-state index is -0.886. The van der Waals surface area contributed by atoms with Crippen molar-refractivity contribution in [1.82, 2.24) is 4.98 Å². The largest absolute Gasteiger partial charge is 0.508 e. The number of halogens is 2. The number of hydrogen-bond donors (Lipinski definition) is 2. The Hall–Kier alpha value is -2.95. The van der Waals surface area contributed by atoms with E-state index >= 15 is 0 Å². The SMILES string of the molecule is Oc1ccc(Nc2ccc(-c3cccc(F)c3F)cn2)cc1. The maximum atomic E-state index is 13.7. The third-order valence-corrected chi connectivity index (χ3v) is 3.17. The van der Waals surface area contributed by atoms with Crippen molar-refractivity contribution in [2.24, 2.45) is 0 Å². The normalized spacial score (nSPS) is 10.5. The lowest BCUT2D eigenvalue weighted by Crippen LogP contribution is -1.94. The minimum Gasteiger partial charge on any atom is -0.508 e. The van der Waals surface area contributed by atoms with E-state index in [-0.39, 0.29) is 11.3 Å². The maximum absolute atomic E-state index is 13.7. The van der Waals surface area contributed by atoms with Crippen molar-refractivity contribution >= 4 is 11.5 Å². The number of anilines is 2. The number of benzene rings is 2. The van der Waals surface area contributed by atoms with Gasteiger partial charge in [-0.25, -0.2) is 13.8 Å². The highest BCUT2D eigenvalue weighted by Crippen LogP contribution is 2.25. The second-order valence-corrected chi connectivity index (χ2v) is 4.71. The number of aromatic hydroxyl groups is 1. The van der Waals surface area contributed by atoms with Crippen molar-refractivity contribution in [3.05, 3.63) is 72.4 Å². The summed E-state index contributed by atoms with van der Waals surface area (Å²) in [5.41, 5.74) is 1.42. The van der Waals surface area contributed by atoms with Crippen LogP contribution >= 0.6 is 0 Å². The molecule has 2 N–H and O–H groups in total. The molecule has 0 aliphatic heterocycles. The number of nitrogens with one attached hydrogen (secondary N) is 1. The molecule has 0 fully saturated rings. The second-order valence-electron chi connectivity index (χ2n) is 4.71. The van der Waals surface area contributed by atoms with E-state index < -0.39 is 11.6 Å². The fourth-order valence-corrected chi connectivity index (χ4v) is 2.05. The molecule has 0 aliphatic rings. The zero-order valence-corrected chi connectivity index (χ0v) is 11.4. The van der Waals surface area contributed by atoms with Crippen molar-refractivity contribution in [2.75, 3.05) is 5.32 Å². The average Bonchev–Trinajstić information content (AvgIpc) is 2.53. The van der Waals surface area contributed by atoms with Crippen LogP contribution in [0.4, 0.5) is 20.3 Å². The Labute approximate surface area is 125 Å². The standard InChI is InChI=1S/C17H12F2N2O/c18-15-3-1-2-14(17(15)19)11-4-9-16(20-10-11)21-12-5-7-13(22)8-6-12/h1-10,22H,(H,20,21). The summed E-state index contributed by atoms with van der Waals surface area (Å²) >= 11 is 0. The van der Waals surface area contributed by atoms with E-state index in [1.165, 1.54) is 18.3 Å². The fourth-order valence-electron chi connectivity index (χ4n) is 2.05. The smallest absolute Gasteiger partial charge is 0.166 e. The molecule has 0 amide bonds. The van der Waals surface area contributed by atoms with Crippen molar-refractivity contribution in [3.63, 3.8) is 0 Å². The van der Waals surface area contributed by atoms with E-state index in [4.69, 9.17) is 0 Å². The van der Waals surface area contributed by atoms with Crippen LogP contribution in [0.15, 0.2) is 60.8 Å². The van der Waals surface area contributed by atoms with Crippen LogP contribution in [0.2, 0.25) is 0 Å². The van der Waals surface area contributed by atoms with Gasteiger partial charge in [-0.05, 0) is 42.5 Å². The Kier molecular flexibility index (Phi) is 3.70. The lowest BCUT2D eigenvalue weighted by Gasteiger charge is -2.08. The fraction of sp³-hybridized carbons (Fsp3) is 0. The first-order chi connectivity index (χ1) is 10.6. The van der Waals surface area contributed by atoms with Gasteiger partial charge in [0.25, 0.3) is 0 Å². The highest BCUT2D eigenvalue weighted by atomic mass is 19.2. The molecule has 0 spiro atoms. The summed E-state index contributed by atoms with van der Waals surface area (Å²) in [7, 11) is 0. The second kappa shape index (κ2) is 5.81. The maximum Gasteiger partial charge on any atom is 0.166 e. The molecular weight excluding hydrogens is 286 g/mol. The van der Waals surface area contributed by atoms with Crippen molar-refractivity contribution < 1.29 is 13.9 Å². The molecule has 0 unspecified atom stereocenters. The molecular formula is C17H12F2N2O. The number of nitrogens with zero attached hydrogens (tertiary/aromatic N) is 1. The number of rotatable bonds is 3. The zero-order chi connectivity index (χ0) is 15.5. The lowest BCUT2D eigenvalue weighted by atomic mass is 10.1. The Morgan fingerprint density at radius 1 is 0.909 bits per heavy atom. The highest BCUT2D eigenvalue weighted by Gasteiger charge is 2.09. The molecule has 5 heteroatoms. The van der Waals surface area contributed by atoms with Gasteiger partial charge in [-0.1, -0.05) is 12.1 Å². The average molecular weight is 298 g/mol. The number of phenolic OH excluding ortho intramolecular Hbond substituents is 1.